The monoisotopic (exact) mass is 511 g/mol. The van der Waals surface area contributed by atoms with Crippen LogP contribution < -0.4 is 18.9 Å². The van der Waals surface area contributed by atoms with Gasteiger partial charge in [-0.25, -0.2) is 4.98 Å². The van der Waals surface area contributed by atoms with Gasteiger partial charge in [0, 0.05) is 17.2 Å². The Balaban J connectivity index is 1.64. The summed E-state index contributed by atoms with van der Waals surface area (Å²) >= 11 is 0. The molecule has 0 radical (unpaired) electrons. The summed E-state index contributed by atoms with van der Waals surface area (Å²) in [5.74, 6) is 3.34. The summed E-state index contributed by atoms with van der Waals surface area (Å²) in [7, 11) is 1.61. The van der Waals surface area contributed by atoms with Crippen molar-refractivity contribution < 1.29 is 28.5 Å². The highest BCUT2D eigenvalue weighted by molar-refractivity contribution is 5.94. The fourth-order valence-electron chi connectivity index (χ4n) is 4.17. The van der Waals surface area contributed by atoms with Crippen LogP contribution in [0.4, 0.5) is 0 Å². The second-order valence-corrected chi connectivity index (χ2v) is 8.07. The summed E-state index contributed by atoms with van der Waals surface area (Å²) in [5, 5.41) is 24.4. The first-order chi connectivity index (χ1) is 18.7. The molecule has 2 aromatic carbocycles. The lowest BCUT2D eigenvalue weighted by Crippen LogP contribution is -2.02. The zero-order chi connectivity index (χ0) is 25.9. The predicted molar refractivity (Wildman–Crippen MR) is 136 cm³/mol. The maximum absolute atomic E-state index is 9.62. The number of hydrogen-bond acceptors (Lipinski definition) is 10. The summed E-state index contributed by atoms with van der Waals surface area (Å²) in [6.45, 7) is -0.0338. The molecule has 1 aliphatic heterocycles. The van der Waals surface area contributed by atoms with E-state index in [9.17, 15) is 5.11 Å². The van der Waals surface area contributed by atoms with Crippen molar-refractivity contribution >= 4 is 6.08 Å². The quantitative estimate of drug-likeness (QED) is 0.301. The van der Waals surface area contributed by atoms with Crippen molar-refractivity contribution in [2.24, 2.45) is 0 Å². The van der Waals surface area contributed by atoms with Crippen LogP contribution in [0.1, 0.15) is 5.56 Å². The number of aliphatic hydroxyl groups is 1. The number of hydrogen-bond donors (Lipinski definition) is 2. The molecular formula is C27H21N5O6. The van der Waals surface area contributed by atoms with Crippen LogP contribution in [0.2, 0.25) is 0 Å². The van der Waals surface area contributed by atoms with E-state index in [0.29, 0.717) is 51.1 Å². The third-order valence-corrected chi connectivity index (χ3v) is 5.85. The normalized spacial score (nSPS) is 12.3. The third kappa shape index (κ3) is 4.31. The number of pyridine rings is 1. The lowest BCUT2D eigenvalue weighted by molar-refractivity contribution is 0.174. The molecule has 11 nitrogen and oxygen atoms in total. The molecule has 4 heterocycles. The molecule has 0 atom stereocenters. The largest absolute Gasteiger partial charge is 0.497 e. The van der Waals surface area contributed by atoms with Gasteiger partial charge in [0.1, 0.15) is 17.2 Å². The number of rotatable bonds is 8. The van der Waals surface area contributed by atoms with Gasteiger partial charge in [0.05, 0.1) is 25.5 Å². The summed E-state index contributed by atoms with van der Waals surface area (Å²) in [6.07, 6.45) is 4.96. The minimum absolute atomic E-state index is 0.140. The molecule has 0 bridgehead atoms. The van der Waals surface area contributed by atoms with E-state index in [1.807, 2.05) is 24.3 Å². The summed E-state index contributed by atoms with van der Waals surface area (Å²) < 4.78 is 28.4. The Morgan fingerprint density at radius 3 is 2.61 bits per heavy atom. The van der Waals surface area contributed by atoms with Gasteiger partial charge in [-0.15, -0.1) is 10.2 Å². The van der Waals surface area contributed by atoms with Gasteiger partial charge in [-0.3, -0.25) is 0 Å². The number of nitrogens with one attached hydrogen (secondary N) is 1. The fraction of sp³-hybridized carbons (Fsp3) is 0.111. The number of methoxy groups -OCH3 is 1. The van der Waals surface area contributed by atoms with Crippen molar-refractivity contribution in [3.05, 3.63) is 72.5 Å². The average Bonchev–Trinajstić information content (AvgIpc) is 3.74. The molecule has 0 amide bonds. The number of H-pyrrole nitrogens is 1. The van der Waals surface area contributed by atoms with Crippen molar-refractivity contribution in [3.8, 4) is 62.8 Å². The average molecular weight is 511 g/mol. The Kier molecular flexibility index (Phi) is 6.16. The van der Waals surface area contributed by atoms with E-state index >= 15 is 0 Å². The van der Waals surface area contributed by atoms with Crippen molar-refractivity contribution in [2.75, 3.05) is 20.5 Å². The van der Waals surface area contributed by atoms with Crippen LogP contribution in [-0.2, 0) is 0 Å². The molecule has 0 unspecified atom stereocenters. The van der Waals surface area contributed by atoms with Gasteiger partial charge in [0.25, 0.3) is 0 Å². The lowest BCUT2D eigenvalue weighted by atomic mass is 9.92. The molecule has 2 N–H and O–H groups in total. The number of fused-ring (bicyclic) bond motifs is 1. The molecule has 3 aromatic heterocycles. The molecule has 0 aliphatic carbocycles. The summed E-state index contributed by atoms with van der Waals surface area (Å²) in [4.78, 5) is 4.87. The molecule has 6 rings (SSSR count). The topological polar surface area (TPSA) is 138 Å². The number of aromatic nitrogens is 5. The number of aromatic amines is 1. The number of ether oxygens (including phenoxy) is 4. The first-order valence-corrected chi connectivity index (χ1v) is 11.6. The van der Waals surface area contributed by atoms with E-state index in [0.717, 1.165) is 5.56 Å². The molecule has 0 spiro atoms. The Bertz CT molecular complexity index is 1580. The molecule has 38 heavy (non-hydrogen) atoms. The number of furan rings is 1. The Morgan fingerprint density at radius 2 is 1.87 bits per heavy atom. The van der Waals surface area contributed by atoms with Gasteiger partial charge in [0.2, 0.25) is 18.5 Å². The van der Waals surface area contributed by atoms with Gasteiger partial charge in [-0.1, -0.05) is 24.3 Å². The number of aliphatic hydroxyl groups excluding tert-OH is 1. The van der Waals surface area contributed by atoms with Crippen LogP contribution in [0.15, 0.2) is 71.4 Å². The van der Waals surface area contributed by atoms with E-state index in [2.05, 4.69) is 20.6 Å². The molecule has 0 fully saturated rings. The highest BCUT2D eigenvalue weighted by atomic mass is 16.7. The zero-order valence-corrected chi connectivity index (χ0v) is 20.1. The van der Waals surface area contributed by atoms with Crippen molar-refractivity contribution in [1.29, 1.82) is 0 Å². The number of nitrogens with zero attached hydrogens (tertiary/aromatic N) is 4. The van der Waals surface area contributed by atoms with Gasteiger partial charge in [0.15, 0.2) is 17.3 Å². The molecule has 0 saturated heterocycles. The van der Waals surface area contributed by atoms with Gasteiger partial charge >= 0.3 is 0 Å². The zero-order valence-electron chi connectivity index (χ0n) is 20.1. The standard InChI is InChI=1S/C27H21N5O6/c1-34-17-8-6-16(7-9-17)23-19(4-2-12-33)25(21-5-3-13-35-21)28-27(24(23)26-29-31-32-30-26)38-18-10-11-20-22(14-18)37-15-36-20/h2-11,13-14,33H,12,15H2,1H3,(H,29,30,31,32). The Morgan fingerprint density at radius 1 is 1.03 bits per heavy atom. The maximum Gasteiger partial charge on any atom is 0.231 e. The molecule has 1 aliphatic rings. The van der Waals surface area contributed by atoms with E-state index in [1.54, 1.807) is 55.9 Å². The molecule has 0 saturated carbocycles. The van der Waals surface area contributed by atoms with E-state index < -0.39 is 0 Å². The SMILES string of the molecule is COc1ccc(-c2c(C=CCO)c(-c3ccco3)nc(Oc3ccc4c(c3)OCO4)c2-c2nn[nH]n2)cc1. The molecule has 5 aromatic rings. The first-order valence-electron chi connectivity index (χ1n) is 11.6. The van der Waals surface area contributed by atoms with Crippen LogP contribution in [0.5, 0.6) is 28.9 Å². The smallest absolute Gasteiger partial charge is 0.231 e. The second kappa shape index (κ2) is 10.1. The minimum Gasteiger partial charge on any atom is -0.497 e. The predicted octanol–water partition coefficient (Wildman–Crippen LogP) is 4.72. The Labute approximate surface area is 216 Å². The van der Waals surface area contributed by atoms with E-state index in [-0.39, 0.29) is 25.1 Å². The van der Waals surface area contributed by atoms with Gasteiger partial charge in [-0.2, -0.15) is 5.21 Å². The number of tetrazole rings is 1. The highest BCUT2D eigenvalue weighted by Gasteiger charge is 2.27. The maximum atomic E-state index is 9.62. The van der Waals surface area contributed by atoms with Gasteiger partial charge in [-0.05, 0) is 47.2 Å². The van der Waals surface area contributed by atoms with Crippen LogP contribution in [0.25, 0.3) is 40.0 Å². The fourth-order valence-corrected chi connectivity index (χ4v) is 4.17. The number of benzene rings is 2. The van der Waals surface area contributed by atoms with E-state index in [1.165, 1.54) is 0 Å². The Hall–Kier alpha value is -5.16. The molecular weight excluding hydrogens is 490 g/mol. The van der Waals surface area contributed by atoms with Crippen molar-refractivity contribution in [1.82, 2.24) is 25.6 Å². The van der Waals surface area contributed by atoms with Crippen LogP contribution in [0, 0.1) is 0 Å². The summed E-state index contributed by atoms with van der Waals surface area (Å²) in [5.41, 5.74) is 3.13. The van der Waals surface area contributed by atoms with Crippen LogP contribution in [-0.4, -0.2) is 51.2 Å². The van der Waals surface area contributed by atoms with Crippen molar-refractivity contribution in [3.63, 3.8) is 0 Å². The minimum atomic E-state index is -0.174. The molecule has 11 heteroatoms. The van der Waals surface area contributed by atoms with Gasteiger partial charge < -0.3 is 28.5 Å². The lowest BCUT2D eigenvalue weighted by Gasteiger charge is -2.18. The van der Waals surface area contributed by atoms with Crippen LogP contribution >= 0.6 is 0 Å². The first kappa shape index (κ1) is 23.3. The van der Waals surface area contributed by atoms with Crippen molar-refractivity contribution in [2.45, 2.75) is 0 Å². The second-order valence-electron chi connectivity index (χ2n) is 8.07. The van der Waals surface area contributed by atoms with Crippen LogP contribution in [0.3, 0.4) is 0 Å². The van der Waals surface area contributed by atoms with E-state index in [4.69, 9.17) is 28.3 Å². The summed E-state index contributed by atoms with van der Waals surface area (Å²) in [6, 6.07) is 16.3. The molecule has 190 valence electrons. The third-order valence-electron chi connectivity index (χ3n) is 5.85. The highest BCUT2D eigenvalue weighted by Crippen LogP contribution is 2.46.